The number of quaternary nitrogens is 1. The molecule has 3 aliphatic rings. The minimum Gasteiger partial charge on any atom is -0.454 e. The van der Waals surface area contributed by atoms with E-state index in [1.807, 2.05) is 72.8 Å². The zero-order chi connectivity index (χ0) is 25.2. The van der Waals surface area contributed by atoms with E-state index in [1.54, 1.807) is 11.3 Å². The Hall–Kier alpha value is -3.48. The average molecular weight is 512 g/mol. The molecule has 0 amide bonds. The first-order valence-electron chi connectivity index (χ1n) is 13.0. The molecule has 3 fully saturated rings. The summed E-state index contributed by atoms with van der Waals surface area (Å²) >= 11 is 1.62. The second-order valence-corrected chi connectivity index (χ2v) is 11.5. The topological polar surface area (TPSA) is 55.4 Å². The number of benzene rings is 3. The van der Waals surface area contributed by atoms with E-state index in [4.69, 9.17) is 4.74 Å². The van der Waals surface area contributed by atoms with Gasteiger partial charge in [-0.25, -0.2) is 4.79 Å². The summed E-state index contributed by atoms with van der Waals surface area (Å²) in [5.74, 6) is 0.275. The molecule has 0 radical (unpaired) electrons. The van der Waals surface area contributed by atoms with Crippen molar-refractivity contribution in [2.75, 3.05) is 31.5 Å². The summed E-state index contributed by atoms with van der Waals surface area (Å²) in [6.07, 6.45) is 1.80. The van der Waals surface area contributed by atoms with Crippen LogP contribution in [0.4, 0.5) is 5.69 Å². The van der Waals surface area contributed by atoms with Gasteiger partial charge in [0.1, 0.15) is 13.1 Å². The van der Waals surface area contributed by atoms with Crippen LogP contribution >= 0.6 is 11.3 Å². The standard InChI is InChI=1S/C31H31N2O3S/c34-26(22-9-3-1-4-10-22)20-33-17-15-23(16-18-33)27(21-33)36-31(35)30(32-25-12-5-2-6-13-25)29-19-24-11-7-8-14-28(24)37-29/h1-14,19,23,27,30,32H,15-18,20-21H2/q+1/t23?,27-,30?,33?/m0/s1. The molecular formula is C31H31N2O3S+. The first-order chi connectivity index (χ1) is 18.1. The Bertz CT molecular complexity index is 1360. The molecule has 4 heterocycles. The van der Waals surface area contributed by atoms with Crippen molar-refractivity contribution in [3.63, 3.8) is 0 Å². The molecule has 6 heteroatoms. The summed E-state index contributed by atoms with van der Waals surface area (Å²) in [6, 6.07) is 29.0. The van der Waals surface area contributed by atoms with Gasteiger partial charge in [-0.2, -0.15) is 0 Å². The highest BCUT2D eigenvalue weighted by atomic mass is 32.1. The Balaban J connectivity index is 1.22. The number of esters is 1. The van der Waals surface area contributed by atoms with Gasteiger partial charge in [0, 0.05) is 39.6 Å². The van der Waals surface area contributed by atoms with E-state index in [0.717, 1.165) is 52.1 Å². The molecule has 37 heavy (non-hydrogen) atoms. The number of hydrogen-bond donors (Lipinski definition) is 1. The summed E-state index contributed by atoms with van der Waals surface area (Å²) in [5, 5.41) is 4.56. The SMILES string of the molecule is O=C(C[N+]12CCC(CC1)[C@@H](OC(=O)C(Nc1ccccc1)c1cc3ccccc3s1)C2)c1ccccc1. The third-order valence-corrected chi connectivity index (χ3v) is 9.11. The first kappa shape index (κ1) is 23.9. The second kappa shape index (κ2) is 10.1. The molecule has 3 saturated heterocycles. The Morgan fingerprint density at radius 2 is 1.59 bits per heavy atom. The summed E-state index contributed by atoms with van der Waals surface area (Å²) in [4.78, 5) is 27.8. The predicted molar refractivity (Wildman–Crippen MR) is 148 cm³/mol. The van der Waals surface area contributed by atoms with Crippen molar-refractivity contribution in [1.29, 1.82) is 0 Å². The quantitative estimate of drug-likeness (QED) is 0.177. The van der Waals surface area contributed by atoms with E-state index in [0.29, 0.717) is 23.5 Å². The van der Waals surface area contributed by atoms with Crippen molar-refractivity contribution in [2.24, 2.45) is 5.92 Å². The number of thiophene rings is 1. The Kier molecular flexibility index (Phi) is 6.53. The molecule has 1 N–H and O–H groups in total. The molecule has 0 spiro atoms. The summed E-state index contributed by atoms with van der Waals surface area (Å²) in [5.41, 5.74) is 1.64. The van der Waals surface area contributed by atoms with Crippen LogP contribution in [0.3, 0.4) is 0 Å². The van der Waals surface area contributed by atoms with E-state index in [-0.39, 0.29) is 17.9 Å². The number of para-hydroxylation sites is 1. The lowest BCUT2D eigenvalue weighted by Gasteiger charge is -2.51. The lowest BCUT2D eigenvalue weighted by Crippen LogP contribution is -2.65. The minimum atomic E-state index is -0.588. The van der Waals surface area contributed by atoms with Gasteiger partial charge >= 0.3 is 5.97 Å². The maximum Gasteiger partial charge on any atom is 0.334 e. The van der Waals surface area contributed by atoms with Gasteiger partial charge in [0.2, 0.25) is 5.78 Å². The smallest absolute Gasteiger partial charge is 0.334 e. The largest absolute Gasteiger partial charge is 0.454 e. The molecule has 3 aliphatic heterocycles. The van der Waals surface area contributed by atoms with E-state index in [2.05, 4.69) is 23.5 Å². The number of fused-ring (bicyclic) bond motifs is 4. The molecule has 0 aliphatic carbocycles. The molecule has 4 aromatic rings. The van der Waals surface area contributed by atoms with E-state index in [1.165, 1.54) is 0 Å². The molecular weight excluding hydrogens is 480 g/mol. The van der Waals surface area contributed by atoms with Crippen molar-refractivity contribution in [3.05, 3.63) is 101 Å². The van der Waals surface area contributed by atoms with Crippen LogP contribution in [-0.2, 0) is 9.53 Å². The van der Waals surface area contributed by atoms with Gasteiger partial charge in [0.05, 0.1) is 13.1 Å². The number of ether oxygens (including phenoxy) is 1. The fourth-order valence-electron chi connectivity index (χ4n) is 5.91. The summed E-state index contributed by atoms with van der Waals surface area (Å²) in [7, 11) is 0. The monoisotopic (exact) mass is 511 g/mol. The van der Waals surface area contributed by atoms with Gasteiger partial charge in [-0.15, -0.1) is 11.3 Å². The third-order valence-electron chi connectivity index (χ3n) is 7.93. The zero-order valence-corrected chi connectivity index (χ0v) is 21.5. The molecule has 2 bridgehead atoms. The Labute approximate surface area is 221 Å². The van der Waals surface area contributed by atoms with Crippen LogP contribution in [0.25, 0.3) is 10.1 Å². The summed E-state index contributed by atoms with van der Waals surface area (Å²) < 4.78 is 8.16. The van der Waals surface area contributed by atoms with Crippen molar-refractivity contribution in [3.8, 4) is 0 Å². The van der Waals surface area contributed by atoms with Crippen molar-refractivity contribution in [2.45, 2.75) is 25.0 Å². The fraction of sp³-hybridized carbons (Fsp3) is 0.290. The fourth-order valence-corrected chi connectivity index (χ4v) is 7.01. The second-order valence-electron chi connectivity index (χ2n) is 10.4. The van der Waals surface area contributed by atoms with Gasteiger partial charge in [0.25, 0.3) is 0 Å². The number of carbonyl (C=O) groups is 2. The highest BCUT2D eigenvalue weighted by Gasteiger charge is 2.49. The third kappa shape index (κ3) is 5.04. The van der Waals surface area contributed by atoms with Crippen LogP contribution in [0.15, 0.2) is 91.0 Å². The van der Waals surface area contributed by atoms with Gasteiger partial charge in [-0.1, -0.05) is 66.7 Å². The molecule has 5 nitrogen and oxygen atoms in total. The van der Waals surface area contributed by atoms with Gasteiger partial charge < -0.3 is 14.5 Å². The van der Waals surface area contributed by atoms with Gasteiger partial charge in [-0.05, 0) is 29.7 Å². The molecule has 1 aromatic heterocycles. The lowest BCUT2D eigenvalue weighted by atomic mass is 9.82. The number of Topliss-reactive ketones (excluding diaryl/α,β-unsaturated/α-hetero) is 1. The molecule has 2 atom stereocenters. The number of nitrogens with one attached hydrogen (secondary N) is 1. The first-order valence-corrected chi connectivity index (χ1v) is 13.8. The van der Waals surface area contributed by atoms with Crippen LogP contribution in [0.5, 0.6) is 0 Å². The number of piperidine rings is 3. The average Bonchev–Trinajstić information content (AvgIpc) is 3.37. The van der Waals surface area contributed by atoms with Gasteiger partial charge in [-0.3, -0.25) is 4.79 Å². The molecule has 0 saturated carbocycles. The van der Waals surface area contributed by atoms with Crippen LogP contribution in [0.2, 0.25) is 0 Å². The maximum atomic E-state index is 13.8. The number of nitrogens with zero attached hydrogens (tertiary/aromatic N) is 1. The summed E-state index contributed by atoms with van der Waals surface area (Å²) in [6.45, 7) is 3.12. The van der Waals surface area contributed by atoms with Crippen molar-refractivity contribution < 1.29 is 18.8 Å². The number of rotatable bonds is 8. The number of hydrogen-bond acceptors (Lipinski definition) is 5. The van der Waals surface area contributed by atoms with Crippen LogP contribution < -0.4 is 5.32 Å². The number of anilines is 1. The van der Waals surface area contributed by atoms with Crippen molar-refractivity contribution in [1.82, 2.24) is 0 Å². The molecule has 1 unspecified atom stereocenters. The Morgan fingerprint density at radius 3 is 2.32 bits per heavy atom. The number of ketones is 1. The normalized spacial score (nSPS) is 23.5. The van der Waals surface area contributed by atoms with Crippen LogP contribution in [0, 0.1) is 5.92 Å². The molecule has 7 rings (SSSR count). The highest BCUT2D eigenvalue weighted by Crippen LogP contribution is 2.38. The molecule has 3 aromatic carbocycles. The number of carbonyl (C=O) groups excluding carboxylic acids is 2. The lowest BCUT2D eigenvalue weighted by molar-refractivity contribution is -0.938. The van der Waals surface area contributed by atoms with Crippen LogP contribution in [0.1, 0.15) is 34.1 Å². The highest BCUT2D eigenvalue weighted by molar-refractivity contribution is 7.19. The Morgan fingerprint density at radius 1 is 0.919 bits per heavy atom. The molecule has 188 valence electrons. The maximum absolute atomic E-state index is 13.8. The van der Waals surface area contributed by atoms with Crippen molar-refractivity contribution >= 4 is 38.9 Å². The van der Waals surface area contributed by atoms with E-state index in [9.17, 15) is 9.59 Å². The van der Waals surface area contributed by atoms with E-state index >= 15 is 0 Å². The minimum absolute atomic E-state index is 0.167. The predicted octanol–water partition coefficient (Wildman–Crippen LogP) is 6.09. The van der Waals surface area contributed by atoms with E-state index < -0.39 is 6.04 Å². The zero-order valence-electron chi connectivity index (χ0n) is 20.7. The van der Waals surface area contributed by atoms with Crippen LogP contribution in [-0.4, -0.2) is 48.5 Å². The van der Waals surface area contributed by atoms with Gasteiger partial charge in [0.15, 0.2) is 12.1 Å².